The average Bonchev–Trinajstić information content (AvgIpc) is 2.74. The van der Waals surface area contributed by atoms with Crippen LogP contribution in [0, 0.1) is 12.7 Å². The Labute approximate surface area is 112 Å². The van der Waals surface area contributed by atoms with Crippen molar-refractivity contribution in [2.75, 3.05) is 0 Å². The van der Waals surface area contributed by atoms with Crippen LogP contribution in [0.1, 0.15) is 24.3 Å². The molecule has 0 saturated heterocycles. The number of hydrogen-bond acceptors (Lipinski definition) is 2. The van der Waals surface area contributed by atoms with Gasteiger partial charge in [-0.2, -0.15) is 0 Å². The van der Waals surface area contributed by atoms with Gasteiger partial charge in [-0.1, -0.05) is 26.0 Å². The highest BCUT2D eigenvalue weighted by Crippen LogP contribution is 2.28. The summed E-state index contributed by atoms with van der Waals surface area (Å²) in [6.45, 7) is 6.75. The highest BCUT2D eigenvalue weighted by Gasteiger charge is 2.07. The van der Waals surface area contributed by atoms with Crippen LogP contribution in [0.3, 0.4) is 0 Å². The molecule has 0 bridgehead atoms. The number of benzene rings is 1. The van der Waals surface area contributed by atoms with Gasteiger partial charge in [0.15, 0.2) is 0 Å². The molecule has 0 fully saturated rings. The van der Waals surface area contributed by atoms with Crippen molar-refractivity contribution in [3.8, 4) is 10.4 Å². The molecular weight excluding hydrogens is 245 g/mol. The fraction of sp³-hybridized carbons (Fsp3) is 0.333. The lowest BCUT2D eigenvalue weighted by Crippen LogP contribution is -2.22. The quantitative estimate of drug-likeness (QED) is 0.864. The van der Waals surface area contributed by atoms with Gasteiger partial charge in [0.05, 0.1) is 0 Å². The number of thiophene rings is 1. The number of rotatable bonds is 4. The fourth-order valence-electron chi connectivity index (χ4n) is 1.75. The lowest BCUT2D eigenvalue weighted by molar-refractivity contribution is 0.553. The summed E-state index contributed by atoms with van der Waals surface area (Å²) in [6.07, 6.45) is 0. The Hall–Kier alpha value is -1.19. The van der Waals surface area contributed by atoms with E-state index in [0.717, 1.165) is 16.0 Å². The van der Waals surface area contributed by atoms with Gasteiger partial charge in [0.2, 0.25) is 0 Å². The third-order valence-electron chi connectivity index (χ3n) is 2.78. The molecule has 1 aromatic heterocycles. The molecular formula is C15H18FNS. The molecule has 1 aromatic carbocycles. The molecule has 0 saturated carbocycles. The van der Waals surface area contributed by atoms with Crippen LogP contribution in [0.4, 0.5) is 4.39 Å². The van der Waals surface area contributed by atoms with Crippen molar-refractivity contribution in [2.45, 2.75) is 33.4 Å². The van der Waals surface area contributed by atoms with Crippen molar-refractivity contribution in [1.29, 1.82) is 0 Å². The summed E-state index contributed by atoms with van der Waals surface area (Å²) >= 11 is 1.69. The molecule has 0 unspecified atom stereocenters. The van der Waals surface area contributed by atoms with Gasteiger partial charge in [0.1, 0.15) is 5.82 Å². The smallest absolute Gasteiger partial charge is 0.128 e. The van der Waals surface area contributed by atoms with E-state index < -0.39 is 0 Å². The summed E-state index contributed by atoms with van der Waals surface area (Å²) in [7, 11) is 0. The van der Waals surface area contributed by atoms with Crippen molar-refractivity contribution in [3.63, 3.8) is 0 Å². The molecule has 1 heterocycles. The number of nitrogens with one attached hydrogen (secondary N) is 1. The van der Waals surface area contributed by atoms with Crippen LogP contribution in [-0.4, -0.2) is 6.04 Å². The van der Waals surface area contributed by atoms with Gasteiger partial charge < -0.3 is 5.32 Å². The lowest BCUT2D eigenvalue weighted by atomic mass is 10.1. The maximum atomic E-state index is 14.0. The molecule has 0 amide bonds. The highest BCUT2D eigenvalue weighted by atomic mass is 32.1. The Balaban J connectivity index is 2.19. The second kappa shape index (κ2) is 5.63. The minimum atomic E-state index is -0.133. The SMILES string of the molecule is Cc1ccc(-c2ccc(CNC(C)C)c(F)c2)s1. The van der Waals surface area contributed by atoms with E-state index >= 15 is 0 Å². The van der Waals surface area contributed by atoms with Crippen LogP contribution in [0.5, 0.6) is 0 Å². The van der Waals surface area contributed by atoms with Gasteiger partial charge in [0, 0.05) is 27.9 Å². The zero-order valence-corrected chi connectivity index (χ0v) is 11.8. The zero-order chi connectivity index (χ0) is 13.1. The minimum Gasteiger partial charge on any atom is -0.310 e. The molecule has 0 aliphatic carbocycles. The van der Waals surface area contributed by atoms with Crippen molar-refractivity contribution in [3.05, 3.63) is 46.6 Å². The first-order valence-electron chi connectivity index (χ1n) is 6.15. The zero-order valence-electron chi connectivity index (χ0n) is 11.0. The summed E-state index contributed by atoms with van der Waals surface area (Å²) in [6, 6.07) is 9.96. The standard InChI is InChI=1S/C15H18FNS/c1-10(2)17-9-13-6-5-12(8-14(13)16)15-7-4-11(3)18-15/h4-8,10,17H,9H2,1-3H3. The molecule has 2 rings (SSSR count). The molecule has 1 nitrogen and oxygen atoms in total. The van der Waals surface area contributed by atoms with Crippen LogP contribution in [0.15, 0.2) is 30.3 Å². The first-order chi connectivity index (χ1) is 8.56. The molecule has 0 aliphatic rings. The first-order valence-corrected chi connectivity index (χ1v) is 6.96. The van der Waals surface area contributed by atoms with Crippen LogP contribution < -0.4 is 5.32 Å². The highest BCUT2D eigenvalue weighted by molar-refractivity contribution is 7.15. The molecule has 0 radical (unpaired) electrons. The monoisotopic (exact) mass is 263 g/mol. The van der Waals surface area contributed by atoms with Crippen LogP contribution in [-0.2, 0) is 6.54 Å². The Kier molecular flexibility index (Phi) is 4.15. The summed E-state index contributed by atoms with van der Waals surface area (Å²) in [5.41, 5.74) is 1.68. The van der Waals surface area contributed by atoms with E-state index in [1.54, 1.807) is 17.4 Å². The van der Waals surface area contributed by atoms with Crippen molar-refractivity contribution >= 4 is 11.3 Å². The Morgan fingerprint density at radius 1 is 1.22 bits per heavy atom. The normalized spacial score (nSPS) is 11.2. The molecule has 3 heteroatoms. The van der Waals surface area contributed by atoms with Gasteiger partial charge in [-0.15, -0.1) is 11.3 Å². The van der Waals surface area contributed by atoms with Gasteiger partial charge >= 0.3 is 0 Å². The molecule has 18 heavy (non-hydrogen) atoms. The van der Waals surface area contributed by atoms with Gasteiger partial charge in [-0.05, 0) is 30.7 Å². The number of aryl methyl sites for hydroxylation is 1. The predicted octanol–water partition coefficient (Wildman–Crippen LogP) is 4.36. The Bertz CT molecular complexity index is 531. The second-order valence-electron chi connectivity index (χ2n) is 4.75. The van der Waals surface area contributed by atoms with Crippen molar-refractivity contribution in [1.82, 2.24) is 5.32 Å². The predicted molar refractivity (Wildman–Crippen MR) is 76.4 cm³/mol. The molecule has 0 atom stereocenters. The second-order valence-corrected chi connectivity index (χ2v) is 6.04. The third-order valence-corrected chi connectivity index (χ3v) is 3.83. The minimum absolute atomic E-state index is 0.133. The first kappa shape index (κ1) is 13.2. The number of halogens is 1. The van der Waals surface area contributed by atoms with Crippen molar-refractivity contribution < 1.29 is 4.39 Å². The van der Waals surface area contributed by atoms with E-state index in [1.807, 2.05) is 18.2 Å². The maximum absolute atomic E-state index is 14.0. The Morgan fingerprint density at radius 3 is 2.56 bits per heavy atom. The van der Waals surface area contributed by atoms with Gasteiger partial charge in [0.25, 0.3) is 0 Å². The van der Waals surface area contributed by atoms with E-state index in [0.29, 0.717) is 12.6 Å². The topological polar surface area (TPSA) is 12.0 Å². The lowest BCUT2D eigenvalue weighted by Gasteiger charge is -2.09. The van der Waals surface area contributed by atoms with Gasteiger partial charge in [-0.25, -0.2) is 4.39 Å². The maximum Gasteiger partial charge on any atom is 0.128 e. The molecule has 2 aromatic rings. The van der Waals surface area contributed by atoms with E-state index in [2.05, 4.69) is 32.2 Å². The van der Waals surface area contributed by atoms with Crippen LogP contribution in [0.25, 0.3) is 10.4 Å². The molecule has 0 aliphatic heterocycles. The fourth-order valence-corrected chi connectivity index (χ4v) is 2.61. The summed E-state index contributed by atoms with van der Waals surface area (Å²) < 4.78 is 14.0. The van der Waals surface area contributed by atoms with E-state index in [4.69, 9.17) is 0 Å². The van der Waals surface area contributed by atoms with E-state index in [9.17, 15) is 4.39 Å². The van der Waals surface area contributed by atoms with Gasteiger partial charge in [-0.3, -0.25) is 0 Å². The van der Waals surface area contributed by atoms with Crippen LogP contribution >= 0.6 is 11.3 Å². The molecule has 96 valence electrons. The third kappa shape index (κ3) is 3.18. The van der Waals surface area contributed by atoms with E-state index in [1.165, 1.54) is 4.88 Å². The average molecular weight is 263 g/mol. The van der Waals surface area contributed by atoms with Crippen LogP contribution in [0.2, 0.25) is 0 Å². The molecule has 1 N–H and O–H groups in total. The summed E-state index contributed by atoms with van der Waals surface area (Å²) in [4.78, 5) is 2.37. The molecule has 0 spiro atoms. The summed E-state index contributed by atoms with van der Waals surface area (Å²) in [5, 5.41) is 3.23. The Morgan fingerprint density at radius 2 is 2.00 bits per heavy atom. The van der Waals surface area contributed by atoms with E-state index in [-0.39, 0.29) is 5.82 Å². The summed E-state index contributed by atoms with van der Waals surface area (Å²) in [5.74, 6) is -0.133. The van der Waals surface area contributed by atoms with Crippen molar-refractivity contribution in [2.24, 2.45) is 0 Å². The number of hydrogen-bond donors (Lipinski definition) is 1. The largest absolute Gasteiger partial charge is 0.310 e.